The van der Waals surface area contributed by atoms with Crippen molar-refractivity contribution in [2.24, 2.45) is 0 Å². The maximum atomic E-state index is 8.17. The Morgan fingerprint density at radius 1 is 1.00 bits per heavy atom. The van der Waals surface area contributed by atoms with Crippen molar-refractivity contribution < 1.29 is 0 Å². The first kappa shape index (κ1) is 9.16. The first-order chi connectivity index (χ1) is 4.72. The summed E-state index contributed by atoms with van der Waals surface area (Å²) < 4.78 is 0. The largest absolute Gasteiger partial charge is 0.185 e. The normalized spacial score (nSPS) is 7.40. The van der Waals surface area contributed by atoms with E-state index in [-0.39, 0.29) is 0 Å². The molecule has 0 saturated carbocycles. The molecule has 0 heterocycles. The van der Waals surface area contributed by atoms with Crippen LogP contribution in [0.1, 0.15) is 0 Å². The van der Waals surface area contributed by atoms with Crippen molar-refractivity contribution in [2.45, 2.75) is 0 Å². The fourth-order valence-corrected chi connectivity index (χ4v) is 0.922. The van der Waals surface area contributed by atoms with Gasteiger partial charge in [-0.15, -0.1) is 0 Å². The van der Waals surface area contributed by atoms with Crippen LogP contribution < -0.4 is 0 Å². The summed E-state index contributed by atoms with van der Waals surface area (Å²) in [6.45, 7) is 7.06. The Kier molecular flexibility index (Phi) is 4.57. The number of hydrogen-bond donors (Lipinski definition) is 0. The molecule has 0 amide bonds. The van der Waals surface area contributed by atoms with Crippen molar-refractivity contribution in [3.63, 3.8) is 0 Å². The fraction of sp³-hybridized carbons (Fsp3) is 0. The van der Waals surface area contributed by atoms with E-state index in [0.717, 1.165) is 23.5 Å². The Balaban J connectivity index is 3.89. The third-order valence-electron chi connectivity index (χ3n) is 0.649. The number of thiocyanates is 2. The molecule has 0 rings (SSSR count). The van der Waals surface area contributed by atoms with E-state index in [1.807, 2.05) is 10.8 Å². The number of thioether (sulfide) groups is 2. The van der Waals surface area contributed by atoms with E-state index in [4.69, 9.17) is 10.5 Å². The van der Waals surface area contributed by atoms with Gasteiger partial charge in [0.05, 0.1) is 0 Å². The highest BCUT2D eigenvalue weighted by molar-refractivity contribution is 8.12. The lowest BCUT2D eigenvalue weighted by atomic mass is 10.6. The molecular formula is C6H4N2S2. The van der Waals surface area contributed by atoms with Gasteiger partial charge in [0.25, 0.3) is 0 Å². The summed E-state index contributed by atoms with van der Waals surface area (Å²) in [5.74, 6) is 0. The molecule has 0 aliphatic rings. The third-order valence-corrected chi connectivity index (χ3v) is 1.95. The molecule has 50 valence electrons. The second-order valence-corrected chi connectivity index (χ2v) is 2.99. The quantitative estimate of drug-likeness (QED) is 0.479. The molecule has 0 bridgehead atoms. The molecular weight excluding hydrogens is 164 g/mol. The van der Waals surface area contributed by atoms with Crippen LogP contribution in [0.5, 0.6) is 0 Å². The van der Waals surface area contributed by atoms with Crippen molar-refractivity contribution in [1.82, 2.24) is 0 Å². The van der Waals surface area contributed by atoms with Gasteiger partial charge in [0, 0.05) is 9.81 Å². The number of hydrogen-bond acceptors (Lipinski definition) is 4. The van der Waals surface area contributed by atoms with Crippen LogP contribution in [0.25, 0.3) is 0 Å². The summed E-state index contributed by atoms with van der Waals surface area (Å²) in [5.41, 5.74) is 0. The minimum absolute atomic E-state index is 0.536. The summed E-state index contributed by atoms with van der Waals surface area (Å²) in [6.07, 6.45) is 0. The maximum Gasteiger partial charge on any atom is 0.138 e. The lowest BCUT2D eigenvalue weighted by Crippen LogP contribution is -1.70. The van der Waals surface area contributed by atoms with Gasteiger partial charge in [0.1, 0.15) is 10.8 Å². The van der Waals surface area contributed by atoms with Crippen LogP contribution in [0.2, 0.25) is 0 Å². The van der Waals surface area contributed by atoms with E-state index in [0.29, 0.717) is 9.81 Å². The summed E-state index contributed by atoms with van der Waals surface area (Å²) in [6, 6.07) is 0. The van der Waals surface area contributed by atoms with Crippen molar-refractivity contribution in [3.8, 4) is 10.8 Å². The molecule has 2 nitrogen and oxygen atoms in total. The summed E-state index contributed by atoms with van der Waals surface area (Å²) in [5, 5.41) is 20.0. The Labute approximate surface area is 68.2 Å². The van der Waals surface area contributed by atoms with Crippen molar-refractivity contribution in [1.29, 1.82) is 10.5 Å². The van der Waals surface area contributed by atoms with Gasteiger partial charge in [-0.2, -0.15) is 10.5 Å². The summed E-state index contributed by atoms with van der Waals surface area (Å²) >= 11 is 1.84. The molecule has 0 aliphatic heterocycles. The molecule has 0 saturated heterocycles. The zero-order chi connectivity index (χ0) is 7.98. The van der Waals surface area contributed by atoms with Crippen LogP contribution >= 0.6 is 23.5 Å². The molecule has 0 aromatic rings. The Hall–Kier alpha value is -0.840. The lowest BCUT2D eigenvalue weighted by molar-refractivity contribution is 1.57. The van der Waals surface area contributed by atoms with E-state index in [1.54, 1.807) is 0 Å². The van der Waals surface area contributed by atoms with E-state index >= 15 is 0 Å². The maximum absolute atomic E-state index is 8.17. The zero-order valence-electron chi connectivity index (χ0n) is 5.13. The first-order valence-corrected chi connectivity index (χ1v) is 3.85. The smallest absolute Gasteiger partial charge is 0.138 e. The Bertz CT molecular complexity index is 205. The van der Waals surface area contributed by atoms with Crippen LogP contribution in [0.3, 0.4) is 0 Å². The molecule has 0 aliphatic carbocycles. The minimum atomic E-state index is 0.536. The molecule has 0 unspecified atom stereocenters. The summed E-state index contributed by atoms with van der Waals surface area (Å²) in [4.78, 5) is 1.07. The predicted octanol–water partition coefficient (Wildman–Crippen LogP) is 2.44. The monoisotopic (exact) mass is 168 g/mol. The molecule has 10 heavy (non-hydrogen) atoms. The highest BCUT2D eigenvalue weighted by Crippen LogP contribution is 2.27. The van der Waals surface area contributed by atoms with Crippen LogP contribution in [0.15, 0.2) is 23.0 Å². The van der Waals surface area contributed by atoms with E-state index in [9.17, 15) is 0 Å². The van der Waals surface area contributed by atoms with Crippen LogP contribution in [0, 0.1) is 21.3 Å². The van der Waals surface area contributed by atoms with Crippen LogP contribution in [-0.4, -0.2) is 0 Å². The van der Waals surface area contributed by atoms with Gasteiger partial charge in [0.15, 0.2) is 0 Å². The number of nitrogens with zero attached hydrogens (tertiary/aromatic N) is 2. The number of rotatable bonds is 3. The fourth-order valence-electron chi connectivity index (χ4n) is 0.224. The van der Waals surface area contributed by atoms with Gasteiger partial charge in [-0.3, -0.25) is 0 Å². The molecule has 0 radical (unpaired) electrons. The highest BCUT2D eigenvalue weighted by Gasteiger charge is 1.99. The van der Waals surface area contributed by atoms with Gasteiger partial charge in [-0.1, -0.05) is 13.2 Å². The number of nitriles is 2. The van der Waals surface area contributed by atoms with Gasteiger partial charge in [0.2, 0.25) is 0 Å². The highest BCUT2D eigenvalue weighted by atomic mass is 32.2. The first-order valence-electron chi connectivity index (χ1n) is 2.22. The Morgan fingerprint density at radius 3 is 1.50 bits per heavy atom. The van der Waals surface area contributed by atoms with Crippen molar-refractivity contribution >= 4 is 23.5 Å². The molecule has 4 heteroatoms. The average Bonchev–Trinajstić information content (AvgIpc) is 1.89. The lowest BCUT2D eigenvalue weighted by Gasteiger charge is -1.95. The molecule has 0 atom stereocenters. The molecule has 0 aromatic carbocycles. The minimum Gasteiger partial charge on any atom is -0.185 e. The van der Waals surface area contributed by atoms with E-state index in [1.165, 1.54) is 0 Å². The van der Waals surface area contributed by atoms with Gasteiger partial charge in [-0.05, 0) is 23.5 Å². The van der Waals surface area contributed by atoms with Gasteiger partial charge >= 0.3 is 0 Å². The second-order valence-electron chi connectivity index (χ2n) is 1.23. The topological polar surface area (TPSA) is 47.6 Å². The second kappa shape index (κ2) is 4.99. The molecule has 0 spiro atoms. The van der Waals surface area contributed by atoms with Crippen molar-refractivity contribution in [2.75, 3.05) is 0 Å². The third kappa shape index (κ3) is 3.24. The molecule has 0 N–H and O–H groups in total. The van der Waals surface area contributed by atoms with Crippen LogP contribution in [-0.2, 0) is 0 Å². The van der Waals surface area contributed by atoms with Crippen molar-refractivity contribution in [3.05, 3.63) is 23.0 Å². The SMILES string of the molecule is C=C(SC#N)C(=C)SC#N. The standard InChI is InChI=1S/C6H4N2S2/c1-5(9-3-7)6(2)10-4-8/h1-2H2. The molecule has 0 fully saturated rings. The van der Waals surface area contributed by atoms with E-state index < -0.39 is 0 Å². The van der Waals surface area contributed by atoms with E-state index in [2.05, 4.69) is 13.2 Å². The molecule has 0 aromatic heterocycles. The zero-order valence-corrected chi connectivity index (χ0v) is 6.76. The van der Waals surface area contributed by atoms with Gasteiger partial charge in [-0.25, -0.2) is 0 Å². The van der Waals surface area contributed by atoms with Gasteiger partial charge < -0.3 is 0 Å². The van der Waals surface area contributed by atoms with Crippen LogP contribution in [0.4, 0.5) is 0 Å². The average molecular weight is 168 g/mol. The Morgan fingerprint density at radius 2 is 1.30 bits per heavy atom. The summed E-state index contributed by atoms with van der Waals surface area (Å²) in [7, 11) is 0. The predicted molar refractivity (Wildman–Crippen MR) is 44.7 cm³/mol.